The Bertz CT molecular complexity index is 382. The molecule has 1 nitrogen and oxygen atoms in total. The van der Waals surface area contributed by atoms with E-state index >= 15 is 0 Å². The number of ether oxygens (including phenoxy) is 1. The third-order valence-electron chi connectivity index (χ3n) is 2.31. The van der Waals surface area contributed by atoms with Crippen molar-refractivity contribution in [2.45, 2.75) is 25.9 Å². The van der Waals surface area contributed by atoms with Gasteiger partial charge in [0.15, 0.2) is 0 Å². The molecule has 4 heteroatoms. The minimum atomic E-state index is -4.43. The number of allylic oxidation sites excluding steroid dienone is 1. The van der Waals surface area contributed by atoms with Crippen LogP contribution in [0.1, 0.15) is 25.3 Å². The minimum Gasteiger partial charge on any atom is -0.493 e. The molecule has 0 saturated heterocycles. The fourth-order valence-electron chi connectivity index (χ4n) is 1.32. The molecule has 94 valence electrons. The van der Waals surface area contributed by atoms with E-state index in [0.717, 1.165) is 12.8 Å². The van der Waals surface area contributed by atoms with Gasteiger partial charge in [0, 0.05) is 5.56 Å². The number of unbranched alkanes of at least 4 members (excludes halogenated alkanes) is 1. The maximum absolute atomic E-state index is 12.5. The Labute approximate surface area is 98.9 Å². The number of para-hydroxylation sites is 1. The minimum absolute atomic E-state index is 0.0103. The summed E-state index contributed by atoms with van der Waals surface area (Å²) in [6.45, 7) is 5.49. The zero-order valence-corrected chi connectivity index (χ0v) is 9.68. The fourth-order valence-corrected chi connectivity index (χ4v) is 1.32. The van der Waals surface area contributed by atoms with Crippen LogP contribution in [-0.2, 0) is 0 Å². The van der Waals surface area contributed by atoms with Gasteiger partial charge in [-0.05, 0) is 12.5 Å². The topological polar surface area (TPSA) is 9.23 Å². The van der Waals surface area contributed by atoms with E-state index in [1.54, 1.807) is 12.1 Å². The van der Waals surface area contributed by atoms with Crippen LogP contribution >= 0.6 is 0 Å². The second kappa shape index (κ2) is 5.75. The number of hydrogen-bond donors (Lipinski definition) is 0. The highest BCUT2D eigenvalue weighted by Gasteiger charge is 2.34. The Hall–Kier alpha value is -1.45. The normalized spacial score (nSPS) is 11.3. The summed E-state index contributed by atoms with van der Waals surface area (Å²) in [6.07, 6.45) is -2.68. The van der Waals surface area contributed by atoms with E-state index in [-0.39, 0.29) is 11.3 Å². The Morgan fingerprint density at radius 1 is 1.29 bits per heavy atom. The molecule has 0 bridgehead atoms. The molecule has 0 aliphatic heterocycles. The van der Waals surface area contributed by atoms with Crippen LogP contribution < -0.4 is 4.74 Å². The van der Waals surface area contributed by atoms with Crippen molar-refractivity contribution in [1.29, 1.82) is 0 Å². The van der Waals surface area contributed by atoms with E-state index in [1.807, 2.05) is 6.92 Å². The van der Waals surface area contributed by atoms with Crippen molar-refractivity contribution >= 4 is 5.57 Å². The first-order chi connectivity index (χ1) is 7.96. The number of rotatable bonds is 5. The van der Waals surface area contributed by atoms with Crippen LogP contribution in [0.3, 0.4) is 0 Å². The molecule has 0 atom stereocenters. The van der Waals surface area contributed by atoms with Gasteiger partial charge in [-0.15, -0.1) is 0 Å². The molecule has 17 heavy (non-hydrogen) atoms. The smallest absolute Gasteiger partial charge is 0.416 e. The van der Waals surface area contributed by atoms with E-state index in [4.69, 9.17) is 4.74 Å². The summed E-state index contributed by atoms with van der Waals surface area (Å²) in [5.41, 5.74) is -0.860. The van der Waals surface area contributed by atoms with Crippen LogP contribution in [0.4, 0.5) is 13.2 Å². The summed E-state index contributed by atoms with van der Waals surface area (Å²) < 4.78 is 43.0. The molecule has 1 aromatic carbocycles. The molecule has 0 saturated carbocycles. The first kappa shape index (κ1) is 13.6. The average molecular weight is 244 g/mol. The highest BCUT2D eigenvalue weighted by Crippen LogP contribution is 2.36. The first-order valence-electron chi connectivity index (χ1n) is 5.45. The molecule has 1 aromatic rings. The van der Waals surface area contributed by atoms with Crippen molar-refractivity contribution in [2.24, 2.45) is 0 Å². The number of benzene rings is 1. The number of hydrogen-bond acceptors (Lipinski definition) is 1. The van der Waals surface area contributed by atoms with Crippen molar-refractivity contribution in [3.8, 4) is 5.75 Å². The van der Waals surface area contributed by atoms with Gasteiger partial charge in [0.2, 0.25) is 0 Å². The van der Waals surface area contributed by atoms with Gasteiger partial charge in [0.25, 0.3) is 0 Å². The van der Waals surface area contributed by atoms with Crippen LogP contribution in [0.15, 0.2) is 30.8 Å². The molecule has 0 fully saturated rings. The van der Waals surface area contributed by atoms with Crippen LogP contribution in [0, 0.1) is 0 Å². The quantitative estimate of drug-likeness (QED) is 0.696. The van der Waals surface area contributed by atoms with Gasteiger partial charge in [-0.3, -0.25) is 0 Å². The standard InChI is InChI=1S/C13H15F3O/c1-3-4-9-17-12-8-6-5-7-11(12)10(2)13(14,15)16/h5-8H,2-4,9H2,1H3. The van der Waals surface area contributed by atoms with Crippen LogP contribution in [0.2, 0.25) is 0 Å². The fraction of sp³-hybridized carbons (Fsp3) is 0.385. The Balaban J connectivity index is 2.88. The highest BCUT2D eigenvalue weighted by atomic mass is 19.4. The Morgan fingerprint density at radius 3 is 2.53 bits per heavy atom. The third-order valence-corrected chi connectivity index (χ3v) is 2.31. The van der Waals surface area contributed by atoms with Crippen LogP contribution in [0.5, 0.6) is 5.75 Å². The zero-order valence-electron chi connectivity index (χ0n) is 9.68. The summed E-state index contributed by atoms with van der Waals surface area (Å²) in [4.78, 5) is 0. The van der Waals surface area contributed by atoms with Crippen molar-refractivity contribution in [3.63, 3.8) is 0 Å². The van der Waals surface area contributed by atoms with Gasteiger partial charge in [0.1, 0.15) is 5.75 Å². The molecule has 0 amide bonds. The summed E-state index contributed by atoms with van der Waals surface area (Å²) >= 11 is 0. The summed E-state index contributed by atoms with van der Waals surface area (Å²) in [5.74, 6) is 0.239. The molecule has 0 unspecified atom stereocenters. The van der Waals surface area contributed by atoms with Gasteiger partial charge in [-0.2, -0.15) is 13.2 Å². The summed E-state index contributed by atoms with van der Waals surface area (Å²) in [6, 6.07) is 6.09. The molecule has 0 spiro atoms. The van der Waals surface area contributed by atoms with E-state index in [2.05, 4.69) is 6.58 Å². The predicted octanol–water partition coefficient (Wildman–Crippen LogP) is 4.44. The van der Waals surface area contributed by atoms with Crippen LogP contribution in [-0.4, -0.2) is 12.8 Å². The molecule has 0 aliphatic carbocycles. The second-order valence-electron chi connectivity index (χ2n) is 3.67. The van der Waals surface area contributed by atoms with E-state index in [1.165, 1.54) is 12.1 Å². The van der Waals surface area contributed by atoms with E-state index in [9.17, 15) is 13.2 Å². The van der Waals surface area contributed by atoms with Gasteiger partial charge in [0.05, 0.1) is 12.2 Å². The molecule has 0 heterocycles. The van der Waals surface area contributed by atoms with Crippen molar-refractivity contribution in [1.82, 2.24) is 0 Å². The second-order valence-corrected chi connectivity index (χ2v) is 3.67. The largest absolute Gasteiger partial charge is 0.493 e. The van der Waals surface area contributed by atoms with Gasteiger partial charge >= 0.3 is 6.18 Å². The van der Waals surface area contributed by atoms with Crippen LogP contribution in [0.25, 0.3) is 5.57 Å². The number of alkyl halides is 3. The molecule has 0 aromatic heterocycles. The number of halogens is 3. The highest BCUT2D eigenvalue weighted by molar-refractivity contribution is 5.72. The molecule has 0 N–H and O–H groups in total. The maximum Gasteiger partial charge on any atom is 0.416 e. The van der Waals surface area contributed by atoms with E-state index in [0.29, 0.717) is 6.61 Å². The molecule has 0 radical (unpaired) electrons. The summed E-state index contributed by atoms with van der Waals surface area (Å²) in [5, 5.41) is 0. The Morgan fingerprint density at radius 2 is 1.94 bits per heavy atom. The average Bonchev–Trinajstić information content (AvgIpc) is 2.28. The Kier molecular flexibility index (Phi) is 4.61. The third kappa shape index (κ3) is 3.80. The monoisotopic (exact) mass is 244 g/mol. The van der Waals surface area contributed by atoms with Gasteiger partial charge < -0.3 is 4.74 Å². The molecule has 1 rings (SSSR count). The lowest BCUT2D eigenvalue weighted by molar-refractivity contribution is -0.0688. The lowest BCUT2D eigenvalue weighted by Gasteiger charge is -2.15. The van der Waals surface area contributed by atoms with Crippen molar-refractivity contribution < 1.29 is 17.9 Å². The molecular weight excluding hydrogens is 229 g/mol. The lowest BCUT2D eigenvalue weighted by Crippen LogP contribution is -2.11. The maximum atomic E-state index is 12.5. The lowest BCUT2D eigenvalue weighted by atomic mass is 10.1. The van der Waals surface area contributed by atoms with Crippen molar-refractivity contribution in [2.75, 3.05) is 6.61 Å². The zero-order chi connectivity index (χ0) is 12.9. The van der Waals surface area contributed by atoms with Gasteiger partial charge in [-0.25, -0.2) is 0 Å². The predicted molar refractivity (Wildman–Crippen MR) is 61.9 cm³/mol. The van der Waals surface area contributed by atoms with Gasteiger partial charge in [-0.1, -0.05) is 38.1 Å². The summed E-state index contributed by atoms with van der Waals surface area (Å²) in [7, 11) is 0. The molecule has 0 aliphatic rings. The van der Waals surface area contributed by atoms with E-state index < -0.39 is 11.7 Å². The SMILES string of the molecule is C=C(c1ccccc1OCCCC)C(F)(F)F. The van der Waals surface area contributed by atoms with Crippen molar-refractivity contribution in [3.05, 3.63) is 36.4 Å². The first-order valence-corrected chi connectivity index (χ1v) is 5.45. The molecular formula is C13H15F3O.